The summed E-state index contributed by atoms with van der Waals surface area (Å²) in [5, 5.41) is 0. The van der Waals surface area contributed by atoms with Crippen molar-refractivity contribution in [2.45, 2.75) is 37.9 Å². The van der Waals surface area contributed by atoms with Gasteiger partial charge in [-0.2, -0.15) is 13.1 Å². The first-order valence-electron chi connectivity index (χ1n) is 4.40. The molecule has 1 rings (SSSR count). The van der Waals surface area contributed by atoms with Gasteiger partial charge in [0.2, 0.25) is 0 Å². The van der Waals surface area contributed by atoms with Gasteiger partial charge in [0.15, 0.2) is 0 Å². The summed E-state index contributed by atoms with van der Waals surface area (Å²) < 4.78 is 39.6. The molecular weight excluding hydrogens is 195 g/mol. The van der Waals surface area contributed by atoms with Gasteiger partial charge in [-0.15, -0.1) is 0 Å². The molecule has 4 nitrogen and oxygen atoms in total. The molecule has 1 fully saturated rings. The molecule has 1 saturated carbocycles. The Balaban J connectivity index is 2.52. The van der Waals surface area contributed by atoms with Crippen LogP contribution >= 0.6 is 0 Å². The molecule has 0 bridgehead atoms. The van der Waals surface area contributed by atoms with Crippen LogP contribution in [0.2, 0.25) is 0 Å². The summed E-state index contributed by atoms with van der Waals surface area (Å²) in [6.07, 6.45) is 1.73. The lowest BCUT2D eigenvalue weighted by Gasteiger charge is -2.26. The Kier molecular flexibility index (Phi) is 3.63. The number of halogens is 1. The van der Waals surface area contributed by atoms with Crippen molar-refractivity contribution in [3.63, 3.8) is 0 Å². The van der Waals surface area contributed by atoms with Crippen LogP contribution in [0.1, 0.15) is 25.7 Å². The van der Waals surface area contributed by atoms with E-state index in [0.29, 0.717) is 12.8 Å². The molecular formula is C7H15FN2O2S. The van der Waals surface area contributed by atoms with E-state index in [9.17, 15) is 12.8 Å². The molecule has 0 saturated heterocycles. The van der Waals surface area contributed by atoms with Gasteiger partial charge in [-0.3, -0.25) is 0 Å². The maximum absolute atomic E-state index is 13.2. The third-order valence-electron chi connectivity index (χ3n) is 2.26. The SMILES string of the molecule is CNS(=O)(=O)N[C@@H]1CCCC[C@H]1F. The molecule has 0 aromatic heterocycles. The fraction of sp³-hybridized carbons (Fsp3) is 1.00. The molecule has 0 heterocycles. The van der Waals surface area contributed by atoms with Crippen LogP contribution in [-0.2, 0) is 10.2 Å². The highest BCUT2D eigenvalue weighted by atomic mass is 32.2. The molecule has 78 valence electrons. The standard InChI is InChI=1S/C7H15FN2O2S/c1-9-13(11,12)10-7-5-3-2-4-6(7)8/h6-7,9-10H,2-5H2,1H3/t6-,7-/m1/s1. The van der Waals surface area contributed by atoms with Crippen LogP contribution in [0.4, 0.5) is 4.39 Å². The Labute approximate surface area is 78.1 Å². The summed E-state index contributed by atoms with van der Waals surface area (Å²) in [5.74, 6) is 0. The molecule has 2 N–H and O–H groups in total. The second-order valence-corrected chi connectivity index (χ2v) is 4.88. The van der Waals surface area contributed by atoms with Crippen LogP contribution in [0, 0.1) is 0 Å². The van der Waals surface area contributed by atoms with Gasteiger partial charge in [0.05, 0.1) is 6.04 Å². The molecule has 0 amide bonds. The lowest BCUT2D eigenvalue weighted by molar-refractivity contribution is 0.206. The Hall–Kier alpha value is -0.200. The average Bonchev–Trinajstić information content (AvgIpc) is 2.09. The molecule has 0 spiro atoms. The van der Waals surface area contributed by atoms with Crippen LogP contribution in [0.15, 0.2) is 0 Å². The second kappa shape index (κ2) is 4.34. The van der Waals surface area contributed by atoms with E-state index in [1.807, 2.05) is 0 Å². The average molecular weight is 210 g/mol. The minimum absolute atomic E-state index is 0.455. The lowest BCUT2D eigenvalue weighted by Crippen LogP contribution is -2.47. The zero-order chi connectivity index (χ0) is 9.90. The third kappa shape index (κ3) is 3.21. The van der Waals surface area contributed by atoms with E-state index < -0.39 is 22.4 Å². The van der Waals surface area contributed by atoms with E-state index in [0.717, 1.165) is 12.8 Å². The molecule has 1 aliphatic carbocycles. The minimum atomic E-state index is -3.49. The van der Waals surface area contributed by atoms with Crippen molar-refractivity contribution >= 4 is 10.2 Å². The van der Waals surface area contributed by atoms with Gasteiger partial charge in [0.25, 0.3) is 10.2 Å². The molecule has 6 heteroatoms. The van der Waals surface area contributed by atoms with E-state index >= 15 is 0 Å². The van der Waals surface area contributed by atoms with Crippen molar-refractivity contribution in [1.29, 1.82) is 0 Å². The molecule has 0 unspecified atom stereocenters. The topological polar surface area (TPSA) is 58.2 Å². The van der Waals surface area contributed by atoms with Crippen molar-refractivity contribution < 1.29 is 12.8 Å². The predicted molar refractivity (Wildman–Crippen MR) is 48.3 cm³/mol. The third-order valence-corrected chi connectivity index (χ3v) is 3.41. The van der Waals surface area contributed by atoms with Crippen molar-refractivity contribution in [2.24, 2.45) is 0 Å². The van der Waals surface area contributed by atoms with Gasteiger partial charge >= 0.3 is 0 Å². The molecule has 0 aromatic carbocycles. The van der Waals surface area contributed by atoms with Gasteiger partial charge in [-0.1, -0.05) is 12.8 Å². The summed E-state index contributed by atoms with van der Waals surface area (Å²) in [6.45, 7) is 0. The van der Waals surface area contributed by atoms with Crippen LogP contribution in [-0.4, -0.2) is 27.7 Å². The smallest absolute Gasteiger partial charge is 0.246 e. The molecule has 0 radical (unpaired) electrons. The zero-order valence-corrected chi connectivity index (χ0v) is 8.40. The van der Waals surface area contributed by atoms with Crippen molar-refractivity contribution in [1.82, 2.24) is 9.44 Å². The number of nitrogens with one attached hydrogen (secondary N) is 2. The molecule has 0 aromatic rings. The quantitative estimate of drug-likeness (QED) is 0.705. The summed E-state index contributed by atoms with van der Waals surface area (Å²) in [5.41, 5.74) is 0. The van der Waals surface area contributed by atoms with Gasteiger partial charge in [-0.05, 0) is 12.8 Å². The van der Waals surface area contributed by atoms with Crippen LogP contribution in [0.3, 0.4) is 0 Å². The Bertz CT molecular complexity index is 255. The first kappa shape index (κ1) is 10.9. The van der Waals surface area contributed by atoms with Gasteiger partial charge in [-0.25, -0.2) is 9.11 Å². The number of hydrogen-bond acceptors (Lipinski definition) is 2. The predicted octanol–water partition coefficient (Wildman–Crippen LogP) is 0.321. The van der Waals surface area contributed by atoms with Crippen molar-refractivity contribution in [3.05, 3.63) is 0 Å². The van der Waals surface area contributed by atoms with Crippen LogP contribution in [0.25, 0.3) is 0 Å². The number of rotatable bonds is 3. The van der Waals surface area contributed by atoms with Crippen LogP contribution in [0.5, 0.6) is 0 Å². The first-order chi connectivity index (χ1) is 6.05. The molecule has 13 heavy (non-hydrogen) atoms. The number of alkyl halides is 1. The maximum atomic E-state index is 13.2. The highest BCUT2D eigenvalue weighted by Gasteiger charge is 2.27. The molecule has 2 atom stereocenters. The normalized spacial score (nSPS) is 30.3. The highest BCUT2D eigenvalue weighted by molar-refractivity contribution is 7.87. The lowest BCUT2D eigenvalue weighted by atomic mass is 9.95. The van der Waals surface area contributed by atoms with Crippen molar-refractivity contribution in [2.75, 3.05) is 7.05 Å². The van der Waals surface area contributed by atoms with Crippen molar-refractivity contribution in [3.8, 4) is 0 Å². The second-order valence-electron chi connectivity index (χ2n) is 3.23. The molecule has 0 aliphatic heterocycles. The van der Waals surface area contributed by atoms with E-state index in [4.69, 9.17) is 0 Å². The minimum Gasteiger partial charge on any atom is -0.246 e. The first-order valence-corrected chi connectivity index (χ1v) is 5.88. The maximum Gasteiger partial charge on any atom is 0.277 e. The largest absolute Gasteiger partial charge is 0.277 e. The van der Waals surface area contributed by atoms with E-state index in [1.165, 1.54) is 7.05 Å². The Morgan fingerprint density at radius 1 is 1.31 bits per heavy atom. The highest BCUT2D eigenvalue weighted by Crippen LogP contribution is 2.21. The summed E-state index contributed by atoms with van der Waals surface area (Å²) in [6, 6.07) is -0.550. The monoisotopic (exact) mass is 210 g/mol. The fourth-order valence-electron chi connectivity index (χ4n) is 1.48. The van der Waals surface area contributed by atoms with Gasteiger partial charge in [0.1, 0.15) is 6.17 Å². The zero-order valence-electron chi connectivity index (χ0n) is 7.59. The summed E-state index contributed by atoms with van der Waals surface area (Å²) in [4.78, 5) is 0. The van der Waals surface area contributed by atoms with Crippen LogP contribution < -0.4 is 9.44 Å². The summed E-state index contributed by atoms with van der Waals surface area (Å²) in [7, 11) is -2.19. The Morgan fingerprint density at radius 2 is 1.92 bits per heavy atom. The fourth-order valence-corrected chi connectivity index (χ4v) is 2.26. The van der Waals surface area contributed by atoms with E-state index in [-0.39, 0.29) is 0 Å². The molecule has 1 aliphatic rings. The Morgan fingerprint density at radius 3 is 2.46 bits per heavy atom. The number of hydrogen-bond donors (Lipinski definition) is 2. The van der Waals surface area contributed by atoms with E-state index in [1.54, 1.807) is 0 Å². The van der Waals surface area contributed by atoms with Gasteiger partial charge < -0.3 is 0 Å². The van der Waals surface area contributed by atoms with Gasteiger partial charge in [0, 0.05) is 7.05 Å². The van der Waals surface area contributed by atoms with E-state index in [2.05, 4.69) is 9.44 Å². The summed E-state index contributed by atoms with van der Waals surface area (Å²) >= 11 is 0.